The van der Waals surface area contributed by atoms with E-state index in [1.54, 1.807) is 31.4 Å². The Morgan fingerprint density at radius 3 is 2.57 bits per heavy atom. The van der Waals surface area contributed by atoms with Crippen molar-refractivity contribution in [1.29, 1.82) is 0 Å². The molecule has 1 amide bonds. The second kappa shape index (κ2) is 8.99. The van der Waals surface area contributed by atoms with Crippen LogP contribution in [0.25, 0.3) is 6.08 Å². The third kappa shape index (κ3) is 4.51. The predicted octanol–water partition coefficient (Wildman–Crippen LogP) is 5.93. The van der Waals surface area contributed by atoms with E-state index in [1.807, 2.05) is 31.2 Å². The van der Waals surface area contributed by atoms with Crippen LogP contribution in [0.4, 0.5) is 5.69 Å². The number of carbonyl (C=O) groups is 1. The van der Waals surface area contributed by atoms with E-state index in [4.69, 9.17) is 33.3 Å². The van der Waals surface area contributed by atoms with E-state index >= 15 is 0 Å². The number of thioether (sulfide) groups is 1. The Kier molecular flexibility index (Phi) is 6.65. The molecule has 3 rings (SSSR count). The van der Waals surface area contributed by atoms with Crippen LogP contribution in [0.2, 0.25) is 5.02 Å². The van der Waals surface area contributed by atoms with Crippen LogP contribution in [-0.4, -0.2) is 23.4 Å². The van der Waals surface area contributed by atoms with Gasteiger partial charge in [0.15, 0.2) is 15.8 Å². The maximum atomic E-state index is 12.9. The van der Waals surface area contributed by atoms with Crippen molar-refractivity contribution in [2.24, 2.45) is 0 Å². The van der Waals surface area contributed by atoms with Crippen LogP contribution in [0, 0.1) is 0 Å². The van der Waals surface area contributed by atoms with Crippen molar-refractivity contribution in [2.75, 3.05) is 12.0 Å². The molecule has 1 aliphatic rings. The molecule has 1 fully saturated rings. The first kappa shape index (κ1) is 20.7. The van der Waals surface area contributed by atoms with Gasteiger partial charge in [0.25, 0.3) is 5.91 Å². The van der Waals surface area contributed by atoms with Crippen LogP contribution in [0.3, 0.4) is 0 Å². The average molecular weight is 434 g/mol. The van der Waals surface area contributed by atoms with Crippen LogP contribution >= 0.6 is 35.6 Å². The van der Waals surface area contributed by atoms with Crippen molar-refractivity contribution in [3.05, 3.63) is 58.0 Å². The maximum Gasteiger partial charge on any atom is 0.270 e. The summed E-state index contributed by atoms with van der Waals surface area (Å²) in [7, 11) is 1.60. The molecule has 28 heavy (non-hydrogen) atoms. The fraction of sp³-hybridized carbons (Fsp3) is 0.238. The third-order valence-electron chi connectivity index (χ3n) is 4.27. The SMILES string of the molecule is CC[C@@H](C)Oc1ccc(/C=C2/SC(=S)N(c3ccc(Cl)cc3)C2=O)cc1OC. The second-order valence-electron chi connectivity index (χ2n) is 6.24. The topological polar surface area (TPSA) is 38.8 Å². The molecule has 1 atom stereocenters. The molecule has 0 radical (unpaired) electrons. The van der Waals surface area contributed by atoms with E-state index in [0.29, 0.717) is 31.4 Å². The van der Waals surface area contributed by atoms with Crippen LogP contribution in [0.15, 0.2) is 47.4 Å². The van der Waals surface area contributed by atoms with Gasteiger partial charge < -0.3 is 9.47 Å². The molecular formula is C21H20ClNO3S2. The zero-order valence-electron chi connectivity index (χ0n) is 15.8. The van der Waals surface area contributed by atoms with Gasteiger partial charge in [-0.2, -0.15) is 0 Å². The van der Waals surface area contributed by atoms with E-state index in [0.717, 1.165) is 12.0 Å². The lowest BCUT2D eigenvalue weighted by Crippen LogP contribution is -2.27. The summed E-state index contributed by atoms with van der Waals surface area (Å²) in [6.45, 7) is 4.07. The van der Waals surface area contributed by atoms with Crippen molar-refractivity contribution in [1.82, 2.24) is 0 Å². The number of hydrogen-bond acceptors (Lipinski definition) is 5. The Balaban J connectivity index is 1.86. The van der Waals surface area contributed by atoms with Gasteiger partial charge in [0.1, 0.15) is 0 Å². The predicted molar refractivity (Wildman–Crippen MR) is 120 cm³/mol. The number of nitrogens with zero attached hydrogens (tertiary/aromatic N) is 1. The van der Waals surface area contributed by atoms with Crippen LogP contribution < -0.4 is 14.4 Å². The van der Waals surface area contributed by atoms with E-state index in [2.05, 4.69) is 6.92 Å². The van der Waals surface area contributed by atoms with Crippen LogP contribution in [-0.2, 0) is 4.79 Å². The molecule has 0 N–H and O–H groups in total. The summed E-state index contributed by atoms with van der Waals surface area (Å²) in [5.41, 5.74) is 1.54. The number of hydrogen-bond donors (Lipinski definition) is 0. The second-order valence-corrected chi connectivity index (χ2v) is 8.35. The molecule has 0 spiro atoms. The molecule has 0 aromatic heterocycles. The number of ether oxygens (including phenoxy) is 2. The molecule has 146 valence electrons. The van der Waals surface area contributed by atoms with Gasteiger partial charge in [-0.1, -0.05) is 48.6 Å². The Labute approximate surface area is 179 Å². The van der Waals surface area contributed by atoms with Gasteiger partial charge in [0, 0.05) is 5.02 Å². The first-order chi connectivity index (χ1) is 13.4. The molecule has 7 heteroatoms. The summed E-state index contributed by atoms with van der Waals surface area (Å²) >= 11 is 12.6. The average Bonchev–Trinajstić information content (AvgIpc) is 2.96. The molecule has 2 aromatic rings. The minimum absolute atomic E-state index is 0.0929. The Morgan fingerprint density at radius 1 is 1.21 bits per heavy atom. The van der Waals surface area contributed by atoms with Gasteiger partial charge in [-0.3, -0.25) is 9.69 Å². The fourth-order valence-corrected chi connectivity index (χ4v) is 4.03. The molecule has 0 saturated carbocycles. The molecular weight excluding hydrogens is 414 g/mol. The molecule has 1 saturated heterocycles. The number of methoxy groups -OCH3 is 1. The number of thiocarbonyl (C=S) groups is 1. The fourth-order valence-electron chi connectivity index (χ4n) is 2.60. The molecule has 0 aliphatic carbocycles. The lowest BCUT2D eigenvalue weighted by atomic mass is 10.1. The molecule has 0 bridgehead atoms. The van der Waals surface area contributed by atoms with Crippen molar-refractivity contribution in [3.8, 4) is 11.5 Å². The minimum Gasteiger partial charge on any atom is -0.493 e. The molecule has 1 aliphatic heterocycles. The first-order valence-corrected chi connectivity index (χ1v) is 10.4. The number of amides is 1. The van der Waals surface area contributed by atoms with Crippen molar-refractivity contribution in [2.45, 2.75) is 26.4 Å². The van der Waals surface area contributed by atoms with E-state index in [-0.39, 0.29) is 12.0 Å². The van der Waals surface area contributed by atoms with Crippen molar-refractivity contribution in [3.63, 3.8) is 0 Å². The van der Waals surface area contributed by atoms with Gasteiger partial charge in [0.2, 0.25) is 0 Å². The Hall–Kier alpha value is -2.02. The smallest absolute Gasteiger partial charge is 0.270 e. The number of anilines is 1. The highest BCUT2D eigenvalue weighted by atomic mass is 35.5. The highest BCUT2D eigenvalue weighted by Crippen LogP contribution is 2.37. The molecule has 2 aromatic carbocycles. The number of benzene rings is 2. The standard InChI is InChI=1S/C21H20ClNO3S2/c1-4-13(2)26-17-10-5-14(11-18(17)25-3)12-19-20(24)23(21(27)28-19)16-8-6-15(22)7-9-16/h5-13H,4H2,1-3H3/b19-12+/t13-/m1/s1. The van der Waals surface area contributed by atoms with Crippen LogP contribution in [0.1, 0.15) is 25.8 Å². The van der Waals surface area contributed by atoms with Gasteiger partial charge in [-0.15, -0.1) is 0 Å². The summed E-state index contributed by atoms with van der Waals surface area (Å²) in [5, 5.41) is 0.608. The molecule has 0 unspecified atom stereocenters. The Morgan fingerprint density at radius 2 is 1.93 bits per heavy atom. The van der Waals surface area contributed by atoms with Crippen molar-refractivity contribution < 1.29 is 14.3 Å². The van der Waals surface area contributed by atoms with Gasteiger partial charge in [-0.05, 0) is 61.4 Å². The summed E-state index contributed by atoms with van der Waals surface area (Å²) in [6, 6.07) is 12.6. The van der Waals surface area contributed by atoms with Gasteiger partial charge >= 0.3 is 0 Å². The van der Waals surface area contributed by atoms with Gasteiger partial charge in [-0.25, -0.2) is 0 Å². The maximum absolute atomic E-state index is 12.9. The monoisotopic (exact) mass is 433 g/mol. The minimum atomic E-state index is -0.156. The highest BCUT2D eigenvalue weighted by Gasteiger charge is 2.33. The number of rotatable bonds is 6. The first-order valence-electron chi connectivity index (χ1n) is 8.81. The largest absolute Gasteiger partial charge is 0.493 e. The van der Waals surface area contributed by atoms with Crippen LogP contribution in [0.5, 0.6) is 11.5 Å². The normalized spacial score (nSPS) is 16.6. The summed E-state index contributed by atoms with van der Waals surface area (Å²) < 4.78 is 11.8. The number of halogens is 1. The highest BCUT2D eigenvalue weighted by molar-refractivity contribution is 8.27. The lowest BCUT2D eigenvalue weighted by Gasteiger charge is -2.16. The van der Waals surface area contributed by atoms with Crippen molar-refractivity contribution >= 4 is 57.6 Å². The quantitative estimate of drug-likeness (QED) is 0.417. The summed E-state index contributed by atoms with van der Waals surface area (Å²) in [4.78, 5) is 14.9. The van der Waals surface area contributed by atoms with E-state index in [9.17, 15) is 4.79 Å². The number of carbonyl (C=O) groups excluding carboxylic acids is 1. The third-order valence-corrected chi connectivity index (χ3v) is 5.82. The van der Waals surface area contributed by atoms with Gasteiger partial charge in [0.05, 0.1) is 23.8 Å². The molecule has 4 nitrogen and oxygen atoms in total. The zero-order chi connectivity index (χ0) is 20.3. The molecule has 1 heterocycles. The summed E-state index contributed by atoms with van der Waals surface area (Å²) in [5.74, 6) is 1.15. The van der Waals surface area contributed by atoms with E-state index in [1.165, 1.54) is 16.7 Å². The van der Waals surface area contributed by atoms with E-state index < -0.39 is 0 Å². The zero-order valence-corrected chi connectivity index (χ0v) is 18.2. The Bertz CT molecular complexity index is 928. The summed E-state index contributed by atoms with van der Waals surface area (Å²) in [6.07, 6.45) is 2.80. The lowest BCUT2D eigenvalue weighted by molar-refractivity contribution is -0.113.